The molecule has 0 fully saturated rings. The van der Waals surface area contributed by atoms with Gasteiger partial charge in [-0.25, -0.2) is 9.59 Å². The molecule has 0 spiro atoms. The Morgan fingerprint density at radius 1 is 0.406 bits per heavy atom. The Morgan fingerprint density at radius 3 is 0.901 bits per heavy atom. The molecule has 13 nitrogen and oxygen atoms in total. The van der Waals surface area contributed by atoms with Gasteiger partial charge in [0.15, 0.2) is 0 Å². The normalized spacial score (nSPS) is 15.3. The van der Waals surface area contributed by atoms with Crippen molar-refractivity contribution < 1.29 is 85.7 Å². The van der Waals surface area contributed by atoms with Crippen LogP contribution in [0.5, 0.6) is 0 Å². The highest BCUT2D eigenvalue weighted by Crippen LogP contribution is 2.39. The number of rotatable bonds is 21. The molecule has 10 aromatic carbocycles. The number of benzene rings is 10. The number of halogens is 1. The quantitative estimate of drug-likeness (QED) is 0.0196. The highest BCUT2D eigenvalue weighted by molar-refractivity contribution is 14.1. The highest BCUT2D eigenvalue weighted by atomic mass is 127. The molecule has 0 aliphatic heterocycles. The molecule has 0 atom stereocenters. The fourth-order valence-electron chi connectivity index (χ4n) is 9.92. The summed E-state index contributed by atoms with van der Waals surface area (Å²) >= 11 is 1.74. The monoisotopic (exact) mass is 1530 g/mol. The second-order valence-electron chi connectivity index (χ2n) is 23.6. The topological polar surface area (TPSA) is 213 Å². The summed E-state index contributed by atoms with van der Waals surface area (Å²) < 4.78 is 173. The summed E-state index contributed by atoms with van der Waals surface area (Å²) in [6.45, 7) is -0.0559. The molecule has 0 aliphatic rings. The predicted molar refractivity (Wildman–Crippen MR) is 418 cm³/mol. The van der Waals surface area contributed by atoms with Crippen molar-refractivity contribution in [1.29, 1.82) is 5.26 Å². The SMILES string of the molecule is COC(=O)c1ccc(C(=O)OC)cc1.[2H]C([2H])(C)c1ccc(C([2H])([2H])C#N)cc1.[2H]C([2H])(I)c1ccc(C([2H])([2H])O[Si](c2ccccc2)(c2ccccc2)C(C)(C)C)cc1.[2H]C([2H])(O)c1ccc(C([2H])([2H])C(=O)O)cc1.[2H]C([2H])(O)c1ccc(C([2H])([2H])O)cc1.[2H]C([2H])(O)c1ccc(C([2H])([2H])O[Si](c2ccccc2)(c2ccccc2)C(C)(C)C)cc1. The lowest BCUT2D eigenvalue weighted by Crippen LogP contribution is -2.66. The van der Waals surface area contributed by atoms with E-state index < -0.39 is 97.4 Å². The van der Waals surface area contributed by atoms with E-state index in [1.165, 1.54) is 118 Å². The summed E-state index contributed by atoms with van der Waals surface area (Å²) in [5, 5.41) is 57.0. The van der Waals surface area contributed by atoms with Crippen molar-refractivity contribution in [2.75, 3.05) is 14.2 Å². The summed E-state index contributed by atoms with van der Waals surface area (Å²) in [5.41, 5.74) is 2.62. The van der Waals surface area contributed by atoms with Crippen LogP contribution < -0.4 is 20.7 Å². The number of carbonyl (C=O) groups is 3. The molecule has 0 aliphatic carbocycles. The average Bonchev–Trinajstić information content (AvgIpc) is 0.736. The molecule has 0 aromatic heterocycles. The molecule has 0 bridgehead atoms. The summed E-state index contributed by atoms with van der Waals surface area (Å²) in [6, 6.07) is 74.9. The highest BCUT2D eigenvalue weighted by Gasteiger charge is 2.51. The number of nitrogens with zero attached hydrogens (tertiary/aromatic N) is 1. The van der Waals surface area contributed by atoms with E-state index >= 15 is 0 Å². The van der Waals surface area contributed by atoms with Gasteiger partial charge < -0.3 is 43.9 Å². The molecule has 10 rings (SSSR count). The number of hydrogen-bond acceptors (Lipinski definition) is 12. The number of aryl methyl sites for hydroxylation is 1. The van der Waals surface area contributed by atoms with Crippen molar-refractivity contribution in [3.05, 3.63) is 334 Å². The third-order valence-corrected chi connectivity index (χ3v) is 25.2. The van der Waals surface area contributed by atoms with Crippen LogP contribution in [0.3, 0.4) is 0 Å². The Labute approximate surface area is 641 Å². The van der Waals surface area contributed by atoms with Gasteiger partial charge in [-0.2, -0.15) is 5.26 Å². The first kappa shape index (κ1) is 56.6. The Bertz CT molecular complexity index is 4690. The first-order chi connectivity index (χ1) is 55.6. The zero-order chi connectivity index (χ0) is 91.6. The third-order valence-electron chi connectivity index (χ3n) is 15.0. The molecule has 0 radical (unpaired) electrons. The molecule has 0 unspecified atom stereocenters. The van der Waals surface area contributed by atoms with Crippen molar-refractivity contribution in [2.24, 2.45) is 0 Å². The first-order valence-corrected chi connectivity index (χ1v) is 36.2. The molecule has 0 saturated heterocycles. The molecule has 0 heterocycles. The van der Waals surface area contributed by atoms with Crippen molar-refractivity contribution >= 4 is 77.9 Å². The van der Waals surface area contributed by atoms with E-state index in [0.29, 0.717) is 27.8 Å². The van der Waals surface area contributed by atoms with E-state index in [4.69, 9.17) is 62.0 Å². The summed E-state index contributed by atoms with van der Waals surface area (Å²) in [6.07, 6.45) is -5.99. The van der Waals surface area contributed by atoms with Gasteiger partial charge >= 0.3 is 17.9 Å². The van der Waals surface area contributed by atoms with Gasteiger partial charge in [0.2, 0.25) is 0 Å². The maximum atomic E-state index is 11.0. The first-order valence-electron chi connectivity index (χ1n) is 41.3. The lowest BCUT2D eigenvalue weighted by molar-refractivity contribution is -0.136. The van der Waals surface area contributed by atoms with Gasteiger partial charge in [-0.15, -0.1) is 0 Å². The molecule has 5 N–H and O–H groups in total. The molecular weight excluding hydrogens is 1410 g/mol. The number of nitriles is 1. The van der Waals surface area contributed by atoms with E-state index in [1.54, 1.807) is 52.9 Å². The number of carbonyl (C=O) groups excluding carboxylic acids is 2. The van der Waals surface area contributed by atoms with E-state index in [1.807, 2.05) is 121 Å². The lowest BCUT2D eigenvalue weighted by Gasteiger charge is -2.43. The fraction of sp³-hybridized carbons (Fsp3) is 0.247. The van der Waals surface area contributed by atoms with Crippen molar-refractivity contribution in [2.45, 2.75) is 121 Å². The smallest absolute Gasteiger partial charge is 0.337 e. The van der Waals surface area contributed by atoms with Crippen molar-refractivity contribution in [3.63, 3.8) is 0 Å². The van der Waals surface area contributed by atoms with Gasteiger partial charge in [-0.05, 0) is 117 Å². The van der Waals surface area contributed by atoms with E-state index in [-0.39, 0.29) is 49.0 Å². The minimum absolute atomic E-state index is 0.0190. The molecule has 101 heavy (non-hydrogen) atoms. The zero-order valence-corrected chi connectivity index (χ0v) is 61.5. The van der Waals surface area contributed by atoms with Crippen molar-refractivity contribution in [1.82, 2.24) is 0 Å². The maximum absolute atomic E-state index is 11.0. The van der Waals surface area contributed by atoms with Crippen LogP contribution in [0, 0.1) is 11.3 Å². The van der Waals surface area contributed by atoms with Crippen molar-refractivity contribution in [3.8, 4) is 6.07 Å². The molecule has 10 aromatic rings. The van der Waals surface area contributed by atoms with Crippen LogP contribution >= 0.6 is 22.6 Å². The molecule has 0 amide bonds. The van der Waals surface area contributed by atoms with Gasteiger partial charge in [0, 0.05) is 15.3 Å². The number of ether oxygens (including phenoxy) is 2. The Hall–Kier alpha value is -8.98. The number of alkyl halides is 1. The van der Waals surface area contributed by atoms with Crippen LogP contribution in [0.4, 0.5) is 0 Å². The number of carboxylic acids is 1. The van der Waals surface area contributed by atoms with Gasteiger partial charge in [-0.3, -0.25) is 4.79 Å². The average molecular weight is 1530 g/mol. The summed E-state index contributed by atoms with van der Waals surface area (Å²) in [5.74, 6) is -2.48. The van der Waals surface area contributed by atoms with Crippen LogP contribution in [0.1, 0.15) is 152 Å². The Morgan fingerprint density at radius 2 is 0.663 bits per heavy atom. The predicted octanol–water partition coefficient (Wildman–Crippen LogP) is 15.0. The summed E-state index contributed by atoms with van der Waals surface area (Å²) in [4.78, 5) is 32.7. The van der Waals surface area contributed by atoms with Gasteiger partial charge in [-0.1, -0.05) is 314 Å². The number of esters is 2. The van der Waals surface area contributed by atoms with Crippen LogP contribution in [-0.4, -0.2) is 74.3 Å². The molecule has 528 valence electrons. The standard InChI is InChI=1S/C24H27IOSi.C24H28O2Si.C10H11N.C10H10O4.C9H10O3.C8H10O2/c2*1-24(2,3)27(22-10-6-4-7-11-22,23-12-8-5-9-13-23)26-19-21-16-14-20(18-25)15-17-21;1-2-9-3-5-10(6-4-9)7-8-11;1-13-9(11)7-3-5-8(6-4-7)10(12)14-2;10-6-8-3-1-7(2-4-8)5-9(11)12;9-5-7-1-2-8(6-10)4-3-7/h4-17H,18-19H2,1-3H3;4-17,25H,18-19H2,1-3H3;3-6H,2,7H2,1H3;3-6H,1-2H3;1-4,10H,5-6H2,(H,11,12);1-4,9-10H,5-6H2/i2*18D2,19D2;2D2,7D2;;2*5D2,6D2. The molecule has 0 saturated carbocycles. The van der Waals surface area contributed by atoms with Gasteiger partial charge in [0.1, 0.15) is 0 Å². The van der Waals surface area contributed by atoms with E-state index in [9.17, 15) is 19.5 Å². The third kappa shape index (κ3) is 25.6. The second-order valence-corrected chi connectivity index (χ2v) is 32.6. The Balaban J connectivity index is 0.000000269. The largest absolute Gasteiger partial charge is 0.481 e. The number of hydrogen-bond donors (Lipinski definition) is 5. The zero-order valence-electron chi connectivity index (χ0n) is 77.3. The second kappa shape index (κ2) is 43.0. The van der Waals surface area contributed by atoms with Gasteiger partial charge in [0.25, 0.3) is 16.6 Å². The van der Waals surface area contributed by atoms with Crippen LogP contribution in [0.25, 0.3) is 0 Å². The lowest BCUT2D eigenvalue weighted by atomic mass is 10.1. The van der Waals surface area contributed by atoms with Crippen LogP contribution in [0.15, 0.2) is 267 Å². The van der Waals surface area contributed by atoms with E-state index in [0.717, 1.165) is 45.0 Å². The minimum atomic E-state index is -3.12. The number of aliphatic hydroxyl groups is 4. The number of carboxylic acid groups (broad SMARTS) is 1. The number of aliphatic carboxylic acids is 1. The minimum Gasteiger partial charge on any atom is -0.481 e. The van der Waals surface area contributed by atoms with Crippen LogP contribution in [-0.2, 0) is 86.0 Å². The molecular formula is C85H96INO12Si2. The maximum Gasteiger partial charge on any atom is 0.337 e. The van der Waals surface area contributed by atoms with Crippen LogP contribution in [0.2, 0.25) is 10.1 Å². The van der Waals surface area contributed by atoms with E-state index in [2.05, 4.69) is 51.0 Å². The Kier molecular flexibility index (Phi) is 24.1. The fourth-order valence-corrected chi connectivity index (χ4v) is 18.7. The van der Waals surface area contributed by atoms with Gasteiger partial charge in [0.05, 0.1) is 100.0 Å². The molecule has 16 heteroatoms. The summed E-state index contributed by atoms with van der Waals surface area (Å²) in [7, 11) is -3.58. The number of methoxy groups -OCH3 is 2.